The summed E-state index contributed by atoms with van der Waals surface area (Å²) in [6.07, 6.45) is -1.91. The summed E-state index contributed by atoms with van der Waals surface area (Å²) < 4.78 is 47.8. The highest BCUT2D eigenvalue weighted by atomic mass is 32.1. The van der Waals surface area contributed by atoms with Gasteiger partial charge in [-0.25, -0.2) is 9.97 Å². The Bertz CT molecular complexity index is 1830. The van der Waals surface area contributed by atoms with E-state index in [1.807, 2.05) is 4.90 Å². The van der Waals surface area contributed by atoms with Crippen LogP contribution in [-0.4, -0.2) is 73.3 Å². The van der Waals surface area contributed by atoms with Gasteiger partial charge in [-0.05, 0) is 75.5 Å². The van der Waals surface area contributed by atoms with Gasteiger partial charge in [0.25, 0.3) is 5.56 Å². The molecule has 14 heteroatoms. The fraction of sp³-hybridized carbons (Fsp3) is 0.581. The highest BCUT2D eigenvalue weighted by Gasteiger charge is 2.59. The largest absolute Gasteiger partial charge is 0.417 e. The Balaban J connectivity index is 1.11. The zero-order valence-corrected chi connectivity index (χ0v) is 25.4. The zero-order chi connectivity index (χ0) is 31.5. The van der Waals surface area contributed by atoms with E-state index in [1.165, 1.54) is 22.2 Å². The molecule has 0 radical (unpaired) electrons. The summed E-state index contributed by atoms with van der Waals surface area (Å²) in [7, 11) is 0. The molecule has 3 aliphatic heterocycles. The lowest BCUT2D eigenvalue weighted by molar-refractivity contribution is -0.274. The molecule has 1 amide bonds. The molecule has 2 N–H and O–H groups in total. The number of aryl methyl sites for hydroxylation is 2. The number of pyridine rings is 1. The second kappa shape index (κ2) is 9.82. The number of aromatic nitrogens is 3. The van der Waals surface area contributed by atoms with Crippen molar-refractivity contribution in [2.75, 3.05) is 18.5 Å². The Hall–Kier alpha value is -3.36. The molecule has 238 valence electrons. The molecular weight excluding hydrogens is 611 g/mol. The number of ketones is 1. The maximum atomic E-state index is 14.0. The normalized spacial score (nSPS) is 30.7. The molecule has 1 spiro atoms. The van der Waals surface area contributed by atoms with Crippen LogP contribution >= 0.6 is 11.3 Å². The highest BCUT2D eigenvalue weighted by molar-refractivity contribution is 7.19. The van der Waals surface area contributed by atoms with Crippen LogP contribution < -0.4 is 10.9 Å². The molecule has 3 fully saturated rings. The van der Waals surface area contributed by atoms with Crippen LogP contribution in [0.2, 0.25) is 0 Å². The van der Waals surface area contributed by atoms with Crippen molar-refractivity contribution in [3.05, 3.63) is 44.4 Å². The summed E-state index contributed by atoms with van der Waals surface area (Å²) in [6, 6.07) is 1.76. The van der Waals surface area contributed by atoms with E-state index < -0.39 is 35.7 Å². The Morgan fingerprint density at radius 1 is 1.20 bits per heavy atom. The Labute approximate surface area is 259 Å². The predicted molar refractivity (Wildman–Crippen MR) is 158 cm³/mol. The van der Waals surface area contributed by atoms with Gasteiger partial charge in [0.15, 0.2) is 11.4 Å². The van der Waals surface area contributed by atoms with Crippen molar-refractivity contribution in [1.82, 2.24) is 19.4 Å². The number of morpholine rings is 1. The summed E-state index contributed by atoms with van der Waals surface area (Å²) in [4.78, 5) is 53.3. The molecule has 3 aromatic heterocycles. The molecule has 0 unspecified atom stereocenters. The van der Waals surface area contributed by atoms with Crippen molar-refractivity contribution >= 4 is 44.7 Å². The maximum absolute atomic E-state index is 14.0. The number of hydrogen-bond donors (Lipinski definition) is 2. The number of ether oxygens (including phenoxy) is 1. The van der Waals surface area contributed by atoms with Crippen molar-refractivity contribution < 1.29 is 32.6 Å². The van der Waals surface area contributed by atoms with Crippen LogP contribution in [0.5, 0.6) is 0 Å². The fourth-order valence-corrected chi connectivity index (χ4v) is 9.62. The number of halogens is 3. The van der Waals surface area contributed by atoms with Gasteiger partial charge in [0.2, 0.25) is 5.91 Å². The SMILES string of the molecule is Cc1cc(Nc2ncnc3sc4c(c23)CC[C@H](C(=O)N2C[C@H]3C[C@@H]2CO3)C4)c(=O)n2c1C(=O)CC21CCC(O)(C(F)(F)F)CC1. The average Bonchev–Trinajstić information content (AvgIpc) is 3.78. The number of amides is 1. The van der Waals surface area contributed by atoms with Crippen LogP contribution in [0.1, 0.15) is 71.4 Å². The summed E-state index contributed by atoms with van der Waals surface area (Å²) >= 11 is 1.52. The molecule has 6 heterocycles. The van der Waals surface area contributed by atoms with E-state index in [4.69, 9.17) is 4.74 Å². The number of thiophene rings is 1. The minimum Gasteiger partial charge on any atom is -0.380 e. The highest BCUT2D eigenvalue weighted by Crippen LogP contribution is 2.51. The summed E-state index contributed by atoms with van der Waals surface area (Å²) in [5.74, 6) is 0.211. The number of rotatable bonds is 3. The van der Waals surface area contributed by atoms with Gasteiger partial charge in [-0.1, -0.05) is 0 Å². The summed E-state index contributed by atoms with van der Waals surface area (Å²) in [6.45, 7) is 2.97. The third-order valence-electron chi connectivity index (χ3n) is 10.8. The first kappa shape index (κ1) is 29.1. The minimum atomic E-state index is -4.79. The summed E-state index contributed by atoms with van der Waals surface area (Å²) in [5.41, 5.74) is -2.52. The van der Waals surface area contributed by atoms with Crippen LogP contribution in [0, 0.1) is 12.8 Å². The molecule has 0 aromatic carbocycles. The van der Waals surface area contributed by atoms with Crippen LogP contribution in [0.4, 0.5) is 24.7 Å². The van der Waals surface area contributed by atoms with Crippen molar-refractivity contribution in [2.45, 2.75) is 94.2 Å². The Morgan fingerprint density at radius 2 is 1.98 bits per heavy atom. The first-order valence-corrected chi connectivity index (χ1v) is 16.2. The maximum Gasteiger partial charge on any atom is 0.417 e. The van der Waals surface area contributed by atoms with Gasteiger partial charge in [-0.3, -0.25) is 19.0 Å². The number of fused-ring (bicyclic) bond motifs is 7. The smallest absolute Gasteiger partial charge is 0.380 e. The lowest BCUT2D eigenvalue weighted by atomic mass is 9.72. The fourth-order valence-electron chi connectivity index (χ4n) is 8.35. The van der Waals surface area contributed by atoms with Crippen molar-refractivity contribution in [2.24, 2.45) is 5.92 Å². The standard InChI is InChI=1S/C31H32F3N5O5S/c1-15-8-20(28(42)39-24(15)21(40)11-29(39)4-6-30(43,7-5-29)31(32,33)34)37-25-23-19-3-2-16(9-22(19)45-26(23)36-14-35-25)27(41)38-12-18-10-17(38)13-44-18/h8,14,16-18,43H,2-7,9-13H2,1H3,(H,35,36,37)/t16-,17+,18+,29?,30?/m0/s1. The quantitative estimate of drug-likeness (QED) is 0.436. The van der Waals surface area contributed by atoms with Gasteiger partial charge >= 0.3 is 6.18 Å². The molecule has 3 atom stereocenters. The third-order valence-corrected chi connectivity index (χ3v) is 11.9. The lowest BCUT2D eigenvalue weighted by Gasteiger charge is -2.43. The molecule has 5 aliphatic rings. The predicted octanol–water partition coefficient (Wildman–Crippen LogP) is 4.16. The van der Waals surface area contributed by atoms with Gasteiger partial charge in [0.05, 0.1) is 35.4 Å². The third kappa shape index (κ3) is 4.31. The molecule has 1 saturated carbocycles. The number of Topliss-reactive ketones (excluding diaryl/α,β-unsaturated/α-hetero) is 1. The van der Waals surface area contributed by atoms with E-state index >= 15 is 0 Å². The van der Waals surface area contributed by atoms with E-state index in [-0.39, 0.29) is 60.4 Å². The first-order chi connectivity index (χ1) is 21.4. The number of aliphatic hydroxyl groups is 1. The molecule has 2 saturated heterocycles. The van der Waals surface area contributed by atoms with Crippen LogP contribution in [0.25, 0.3) is 10.2 Å². The average molecular weight is 644 g/mol. The van der Waals surface area contributed by atoms with Crippen LogP contribution in [0.3, 0.4) is 0 Å². The second-order valence-corrected chi connectivity index (χ2v) is 14.5. The number of carbonyl (C=O) groups is 2. The zero-order valence-electron chi connectivity index (χ0n) is 24.6. The molecule has 8 rings (SSSR count). The van der Waals surface area contributed by atoms with Crippen molar-refractivity contribution in [3.63, 3.8) is 0 Å². The Morgan fingerprint density at radius 3 is 2.67 bits per heavy atom. The molecule has 2 aliphatic carbocycles. The molecule has 10 nitrogen and oxygen atoms in total. The van der Waals surface area contributed by atoms with Gasteiger partial charge in [0.1, 0.15) is 22.7 Å². The first-order valence-electron chi connectivity index (χ1n) is 15.4. The monoisotopic (exact) mass is 643 g/mol. The van der Waals surface area contributed by atoms with Crippen molar-refractivity contribution in [1.29, 1.82) is 0 Å². The van der Waals surface area contributed by atoms with E-state index in [2.05, 4.69) is 15.3 Å². The van der Waals surface area contributed by atoms with E-state index in [1.54, 1.807) is 13.0 Å². The van der Waals surface area contributed by atoms with Gasteiger partial charge in [0, 0.05) is 23.8 Å². The summed E-state index contributed by atoms with van der Waals surface area (Å²) in [5, 5.41) is 14.3. The topological polar surface area (TPSA) is 127 Å². The number of alkyl halides is 3. The number of carbonyl (C=O) groups excluding carboxylic acids is 2. The van der Waals surface area contributed by atoms with Crippen molar-refractivity contribution in [3.8, 4) is 0 Å². The minimum absolute atomic E-state index is 0.0813. The number of anilines is 2. The second-order valence-electron chi connectivity index (χ2n) is 13.4. The van der Waals surface area contributed by atoms with Crippen LogP contribution in [-0.2, 0) is 27.9 Å². The Kier molecular flexibility index (Phi) is 6.34. The molecule has 2 bridgehead atoms. The number of nitrogens with one attached hydrogen (secondary N) is 1. The van der Waals surface area contributed by atoms with Gasteiger partial charge in [-0.15, -0.1) is 11.3 Å². The molecule has 45 heavy (non-hydrogen) atoms. The number of likely N-dealkylation sites (tertiary alicyclic amines) is 1. The number of nitrogens with zero attached hydrogens (tertiary/aromatic N) is 4. The number of hydrogen-bond acceptors (Lipinski definition) is 9. The molecular formula is C31H32F3N5O5S. The lowest BCUT2D eigenvalue weighted by Crippen LogP contribution is -2.53. The van der Waals surface area contributed by atoms with E-state index in [0.29, 0.717) is 43.8 Å². The van der Waals surface area contributed by atoms with Crippen LogP contribution in [0.15, 0.2) is 17.2 Å². The van der Waals surface area contributed by atoms with Gasteiger partial charge < -0.3 is 20.1 Å². The van der Waals surface area contributed by atoms with E-state index in [0.717, 1.165) is 27.1 Å². The molecule has 3 aromatic rings. The van der Waals surface area contributed by atoms with Gasteiger partial charge in [-0.2, -0.15) is 13.2 Å². The van der Waals surface area contributed by atoms with E-state index in [9.17, 15) is 32.7 Å².